The highest BCUT2D eigenvalue weighted by Gasteiger charge is 2.34. The lowest BCUT2D eigenvalue weighted by molar-refractivity contribution is 0.141. The SMILES string of the molecule is Cc1nc(CCNCC2(CN)CCC2)cs1. The summed E-state index contributed by atoms with van der Waals surface area (Å²) in [7, 11) is 0. The Kier molecular flexibility index (Phi) is 3.95. The van der Waals surface area contributed by atoms with Gasteiger partial charge in [0.1, 0.15) is 0 Å². The van der Waals surface area contributed by atoms with Crippen LogP contribution in [0.3, 0.4) is 0 Å². The number of aryl methyl sites for hydroxylation is 1. The molecule has 3 N–H and O–H groups in total. The summed E-state index contributed by atoms with van der Waals surface area (Å²) in [5, 5.41) is 6.83. The van der Waals surface area contributed by atoms with Crippen LogP contribution in [0, 0.1) is 12.3 Å². The van der Waals surface area contributed by atoms with E-state index in [1.807, 2.05) is 0 Å². The molecule has 0 amide bonds. The molecule has 0 aliphatic heterocycles. The van der Waals surface area contributed by atoms with Gasteiger partial charge in [0.15, 0.2) is 0 Å². The van der Waals surface area contributed by atoms with E-state index >= 15 is 0 Å². The highest BCUT2D eigenvalue weighted by molar-refractivity contribution is 7.09. The Labute approximate surface area is 101 Å². The third-order valence-corrected chi connectivity index (χ3v) is 4.39. The highest BCUT2D eigenvalue weighted by Crippen LogP contribution is 2.38. The summed E-state index contributed by atoms with van der Waals surface area (Å²) in [5.41, 5.74) is 7.44. The van der Waals surface area contributed by atoms with E-state index in [2.05, 4.69) is 22.6 Å². The van der Waals surface area contributed by atoms with Crippen molar-refractivity contribution in [3.8, 4) is 0 Å². The molecule has 0 aromatic carbocycles. The lowest BCUT2D eigenvalue weighted by Gasteiger charge is -2.41. The van der Waals surface area contributed by atoms with Gasteiger partial charge in [0, 0.05) is 24.9 Å². The van der Waals surface area contributed by atoms with Crippen LogP contribution in [0.15, 0.2) is 5.38 Å². The van der Waals surface area contributed by atoms with Crippen molar-refractivity contribution in [1.82, 2.24) is 10.3 Å². The molecule has 1 fully saturated rings. The minimum atomic E-state index is 0.415. The summed E-state index contributed by atoms with van der Waals surface area (Å²) in [6.45, 7) is 4.98. The molecule has 3 nitrogen and oxygen atoms in total. The number of nitrogens with two attached hydrogens (primary N) is 1. The highest BCUT2D eigenvalue weighted by atomic mass is 32.1. The lowest BCUT2D eigenvalue weighted by Crippen LogP contribution is -2.45. The van der Waals surface area contributed by atoms with Crippen LogP contribution < -0.4 is 11.1 Å². The van der Waals surface area contributed by atoms with Crippen LogP contribution in [-0.4, -0.2) is 24.6 Å². The van der Waals surface area contributed by atoms with E-state index in [1.54, 1.807) is 11.3 Å². The van der Waals surface area contributed by atoms with Gasteiger partial charge >= 0.3 is 0 Å². The van der Waals surface area contributed by atoms with Crippen molar-refractivity contribution in [3.63, 3.8) is 0 Å². The van der Waals surface area contributed by atoms with Crippen molar-refractivity contribution in [2.45, 2.75) is 32.6 Å². The van der Waals surface area contributed by atoms with Crippen LogP contribution in [0.1, 0.15) is 30.0 Å². The number of nitrogens with one attached hydrogen (secondary N) is 1. The molecular weight excluding hydrogens is 218 g/mol. The molecule has 4 heteroatoms. The summed E-state index contributed by atoms with van der Waals surface area (Å²) < 4.78 is 0. The van der Waals surface area contributed by atoms with Gasteiger partial charge in [0.25, 0.3) is 0 Å². The minimum Gasteiger partial charge on any atom is -0.330 e. The quantitative estimate of drug-likeness (QED) is 0.743. The summed E-state index contributed by atoms with van der Waals surface area (Å²) in [4.78, 5) is 4.45. The van der Waals surface area contributed by atoms with Gasteiger partial charge in [-0.15, -0.1) is 11.3 Å². The Hall–Kier alpha value is -0.450. The van der Waals surface area contributed by atoms with Crippen molar-refractivity contribution < 1.29 is 0 Å². The molecule has 1 aromatic rings. The standard InChI is InChI=1S/C12H21N3S/c1-10-15-11(7-16-10)3-6-14-9-12(8-13)4-2-5-12/h7,14H,2-6,8-9,13H2,1H3. The fraction of sp³-hybridized carbons (Fsp3) is 0.750. The Morgan fingerprint density at radius 2 is 2.38 bits per heavy atom. The predicted octanol–water partition coefficient (Wildman–Crippen LogP) is 1.71. The molecule has 0 unspecified atom stereocenters. The van der Waals surface area contributed by atoms with Crippen LogP contribution in [0.2, 0.25) is 0 Å². The zero-order valence-electron chi connectivity index (χ0n) is 9.96. The van der Waals surface area contributed by atoms with Gasteiger partial charge in [-0.05, 0) is 31.7 Å². The van der Waals surface area contributed by atoms with E-state index in [0.717, 1.165) is 31.1 Å². The van der Waals surface area contributed by atoms with Crippen molar-refractivity contribution in [1.29, 1.82) is 0 Å². The summed E-state index contributed by atoms with van der Waals surface area (Å²) >= 11 is 1.73. The smallest absolute Gasteiger partial charge is 0.0897 e. The van der Waals surface area contributed by atoms with Crippen LogP contribution in [-0.2, 0) is 6.42 Å². The number of hydrogen-bond acceptors (Lipinski definition) is 4. The maximum atomic E-state index is 5.81. The van der Waals surface area contributed by atoms with Crippen LogP contribution >= 0.6 is 11.3 Å². The van der Waals surface area contributed by atoms with Gasteiger partial charge in [-0.25, -0.2) is 4.98 Å². The zero-order chi connectivity index (χ0) is 11.4. The monoisotopic (exact) mass is 239 g/mol. The first-order chi connectivity index (χ1) is 7.74. The van der Waals surface area contributed by atoms with E-state index in [1.165, 1.54) is 25.0 Å². The van der Waals surface area contributed by atoms with Crippen LogP contribution in [0.4, 0.5) is 0 Å². The van der Waals surface area contributed by atoms with Crippen molar-refractivity contribution in [2.75, 3.05) is 19.6 Å². The third-order valence-electron chi connectivity index (χ3n) is 3.57. The number of thiazole rings is 1. The zero-order valence-corrected chi connectivity index (χ0v) is 10.8. The average molecular weight is 239 g/mol. The summed E-state index contributed by atoms with van der Waals surface area (Å²) in [5.74, 6) is 0. The lowest BCUT2D eigenvalue weighted by atomic mass is 9.69. The molecule has 1 heterocycles. The second-order valence-electron chi connectivity index (χ2n) is 4.84. The largest absolute Gasteiger partial charge is 0.330 e. The van der Waals surface area contributed by atoms with Gasteiger partial charge in [0.05, 0.1) is 10.7 Å². The van der Waals surface area contributed by atoms with E-state index in [4.69, 9.17) is 5.73 Å². The Morgan fingerprint density at radius 3 is 2.88 bits per heavy atom. The second-order valence-corrected chi connectivity index (χ2v) is 5.90. The van der Waals surface area contributed by atoms with Crippen LogP contribution in [0.25, 0.3) is 0 Å². The van der Waals surface area contributed by atoms with Crippen molar-refractivity contribution >= 4 is 11.3 Å². The minimum absolute atomic E-state index is 0.415. The number of hydrogen-bond donors (Lipinski definition) is 2. The molecule has 0 bridgehead atoms. The average Bonchev–Trinajstić information content (AvgIpc) is 2.62. The molecule has 1 aliphatic carbocycles. The first-order valence-electron chi connectivity index (χ1n) is 6.06. The molecule has 0 atom stereocenters. The maximum Gasteiger partial charge on any atom is 0.0897 e. The first-order valence-corrected chi connectivity index (χ1v) is 6.94. The topological polar surface area (TPSA) is 50.9 Å². The molecule has 16 heavy (non-hydrogen) atoms. The molecule has 1 aliphatic rings. The molecule has 0 spiro atoms. The van der Waals surface area contributed by atoms with E-state index < -0.39 is 0 Å². The molecule has 1 aromatic heterocycles. The fourth-order valence-electron chi connectivity index (χ4n) is 2.22. The summed E-state index contributed by atoms with van der Waals surface area (Å²) in [6, 6.07) is 0. The van der Waals surface area contributed by atoms with E-state index in [-0.39, 0.29) is 0 Å². The van der Waals surface area contributed by atoms with Gasteiger partial charge in [-0.3, -0.25) is 0 Å². The van der Waals surface area contributed by atoms with E-state index in [9.17, 15) is 0 Å². The third kappa shape index (κ3) is 2.81. The van der Waals surface area contributed by atoms with Crippen molar-refractivity contribution in [2.24, 2.45) is 11.1 Å². The van der Waals surface area contributed by atoms with Gasteiger partial charge < -0.3 is 11.1 Å². The molecule has 1 saturated carbocycles. The molecule has 90 valence electrons. The Bertz CT molecular complexity index is 325. The molecule has 2 rings (SSSR count). The van der Waals surface area contributed by atoms with Crippen LogP contribution in [0.5, 0.6) is 0 Å². The number of aromatic nitrogens is 1. The fourth-order valence-corrected chi connectivity index (χ4v) is 2.87. The normalized spacial score (nSPS) is 18.4. The van der Waals surface area contributed by atoms with Gasteiger partial charge in [-0.2, -0.15) is 0 Å². The molecule has 0 radical (unpaired) electrons. The molecular formula is C12H21N3S. The van der Waals surface area contributed by atoms with Gasteiger partial charge in [0.2, 0.25) is 0 Å². The number of rotatable bonds is 6. The predicted molar refractivity (Wildman–Crippen MR) is 68.8 cm³/mol. The Morgan fingerprint density at radius 1 is 1.56 bits per heavy atom. The maximum absolute atomic E-state index is 5.81. The Balaban J connectivity index is 1.65. The summed E-state index contributed by atoms with van der Waals surface area (Å²) in [6.07, 6.45) is 4.98. The molecule has 0 saturated heterocycles. The van der Waals surface area contributed by atoms with E-state index in [0.29, 0.717) is 5.41 Å². The second kappa shape index (κ2) is 5.25. The first kappa shape index (κ1) is 12.0. The van der Waals surface area contributed by atoms with Crippen molar-refractivity contribution in [3.05, 3.63) is 16.1 Å². The van der Waals surface area contributed by atoms with Gasteiger partial charge in [-0.1, -0.05) is 6.42 Å². The number of nitrogens with zero attached hydrogens (tertiary/aromatic N) is 1.